The van der Waals surface area contributed by atoms with Crippen LogP contribution in [-0.4, -0.2) is 28.3 Å². The zero-order valence-electron chi connectivity index (χ0n) is 16.6. The van der Waals surface area contributed by atoms with Crippen LogP contribution in [0.25, 0.3) is 11.0 Å². The van der Waals surface area contributed by atoms with Crippen molar-refractivity contribution < 1.29 is 0 Å². The Balaban J connectivity index is 1.68. The van der Waals surface area contributed by atoms with Gasteiger partial charge >= 0.3 is 0 Å². The molecule has 0 saturated heterocycles. The fourth-order valence-corrected chi connectivity index (χ4v) is 4.97. The number of nitrogens with one attached hydrogen (secondary N) is 1. The fraction of sp³-hybridized carbons (Fsp3) is 0.333. The standard InChI is InChI=1S/C21H24N6S2/c1-12(26-18-10-15(11-22)4-6-16(18)24-20(26)28)8-14-5-7-17-19(9-14)25(3)21(29)27(17)13(2)23/h4-7,9-10,12-13,21,29H,8,23H2,1-3H3,(H,24,28). The summed E-state index contributed by atoms with van der Waals surface area (Å²) in [6.07, 6.45) is 0.694. The molecule has 0 saturated carbocycles. The minimum absolute atomic E-state index is 0.0793. The van der Waals surface area contributed by atoms with Crippen LogP contribution in [0.3, 0.4) is 0 Å². The average Bonchev–Trinajstić information content (AvgIpc) is 3.14. The summed E-state index contributed by atoms with van der Waals surface area (Å²) < 4.78 is 2.76. The minimum Gasteiger partial charge on any atom is -0.344 e. The molecule has 0 spiro atoms. The number of nitrogens with two attached hydrogens (primary N) is 1. The maximum atomic E-state index is 9.25. The first-order valence-electron chi connectivity index (χ1n) is 9.54. The SMILES string of the molecule is CC(N)N1c2ccc(CC(C)n3c(=S)[nH]c4ccc(C#N)cc43)cc2N(C)C1S. The third-order valence-electron chi connectivity index (χ3n) is 5.55. The molecular weight excluding hydrogens is 400 g/mol. The lowest BCUT2D eigenvalue weighted by Crippen LogP contribution is -2.46. The number of aromatic amines is 1. The van der Waals surface area contributed by atoms with Gasteiger partial charge in [0.2, 0.25) is 0 Å². The Hall–Kier alpha value is -2.47. The molecule has 3 aromatic rings. The van der Waals surface area contributed by atoms with Crippen molar-refractivity contribution in [3.63, 3.8) is 0 Å². The topological polar surface area (TPSA) is 77.0 Å². The number of imidazole rings is 1. The Morgan fingerprint density at radius 2 is 2.00 bits per heavy atom. The lowest BCUT2D eigenvalue weighted by molar-refractivity contribution is 0.553. The highest BCUT2D eigenvalue weighted by molar-refractivity contribution is 7.81. The number of thiol groups is 1. The van der Waals surface area contributed by atoms with Crippen LogP contribution in [0, 0.1) is 16.1 Å². The molecule has 6 nitrogen and oxygen atoms in total. The van der Waals surface area contributed by atoms with Crippen molar-refractivity contribution in [1.29, 1.82) is 5.26 Å². The zero-order chi connectivity index (χ0) is 20.9. The van der Waals surface area contributed by atoms with Gasteiger partial charge in [0.15, 0.2) is 4.77 Å². The third-order valence-corrected chi connectivity index (χ3v) is 6.44. The van der Waals surface area contributed by atoms with Crippen LogP contribution >= 0.6 is 24.8 Å². The number of nitriles is 1. The van der Waals surface area contributed by atoms with Crippen molar-refractivity contribution in [2.45, 2.75) is 38.0 Å². The van der Waals surface area contributed by atoms with Gasteiger partial charge in [-0.05, 0) is 68.4 Å². The van der Waals surface area contributed by atoms with E-state index in [4.69, 9.17) is 30.6 Å². The number of nitrogens with zero attached hydrogens (tertiary/aromatic N) is 4. The van der Waals surface area contributed by atoms with Crippen LogP contribution in [0.5, 0.6) is 0 Å². The Morgan fingerprint density at radius 1 is 1.24 bits per heavy atom. The Morgan fingerprint density at radius 3 is 2.69 bits per heavy atom. The van der Waals surface area contributed by atoms with Crippen LogP contribution in [0.15, 0.2) is 36.4 Å². The molecule has 2 heterocycles. The van der Waals surface area contributed by atoms with Gasteiger partial charge in [-0.3, -0.25) is 0 Å². The van der Waals surface area contributed by atoms with Gasteiger partial charge in [0.25, 0.3) is 0 Å². The molecule has 0 aliphatic carbocycles. The summed E-state index contributed by atoms with van der Waals surface area (Å²) in [6.45, 7) is 4.12. The van der Waals surface area contributed by atoms with Crippen LogP contribution in [0.1, 0.15) is 31.0 Å². The molecule has 1 aliphatic rings. The van der Waals surface area contributed by atoms with Gasteiger partial charge in [0.1, 0.15) is 5.50 Å². The van der Waals surface area contributed by atoms with Gasteiger partial charge in [-0.1, -0.05) is 6.07 Å². The van der Waals surface area contributed by atoms with Crippen molar-refractivity contribution >= 4 is 47.3 Å². The van der Waals surface area contributed by atoms with Crippen LogP contribution in [0.4, 0.5) is 11.4 Å². The number of hydrogen-bond donors (Lipinski definition) is 3. The molecule has 8 heteroatoms. The predicted molar refractivity (Wildman–Crippen MR) is 124 cm³/mol. The molecule has 150 valence electrons. The van der Waals surface area contributed by atoms with E-state index in [9.17, 15) is 5.26 Å². The number of H-pyrrole nitrogens is 1. The smallest absolute Gasteiger partial charge is 0.178 e. The maximum absolute atomic E-state index is 9.25. The number of anilines is 2. The van der Waals surface area contributed by atoms with E-state index < -0.39 is 0 Å². The monoisotopic (exact) mass is 424 g/mol. The number of benzene rings is 2. The zero-order valence-corrected chi connectivity index (χ0v) is 18.3. The van der Waals surface area contributed by atoms with Gasteiger partial charge in [0.05, 0.1) is 40.2 Å². The first-order chi connectivity index (χ1) is 13.8. The van der Waals surface area contributed by atoms with Gasteiger partial charge in [-0.15, -0.1) is 12.6 Å². The predicted octanol–water partition coefficient (Wildman–Crippen LogP) is 4.15. The molecule has 4 rings (SSSR count). The Bertz CT molecular complexity index is 1170. The summed E-state index contributed by atoms with van der Waals surface area (Å²) in [5.41, 5.74) is 12.0. The van der Waals surface area contributed by atoms with E-state index in [1.165, 1.54) is 5.56 Å². The first kappa shape index (κ1) is 19.8. The quantitative estimate of drug-likeness (QED) is 0.433. The van der Waals surface area contributed by atoms with Crippen LogP contribution < -0.4 is 15.5 Å². The minimum atomic E-state index is -0.121. The van der Waals surface area contributed by atoms with Gasteiger partial charge in [0, 0.05) is 13.1 Å². The number of rotatable bonds is 4. The molecule has 2 aromatic carbocycles. The largest absolute Gasteiger partial charge is 0.344 e. The number of fused-ring (bicyclic) bond motifs is 2. The molecule has 0 radical (unpaired) electrons. The van der Waals surface area contributed by atoms with E-state index in [0.717, 1.165) is 28.8 Å². The molecule has 1 aromatic heterocycles. The number of hydrogen-bond acceptors (Lipinski definition) is 6. The second-order valence-corrected chi connectivity index (χ2v) is 8.47. The second-order valence-electron chi connectivity index (χ2n) is 7.63. The summed E-state index contributed by atoms with van der Waals surface area (Å²) in [5.74, 6) is 0. The highest BCUT2D eigenvalue weighted by Crippen LogP contribution is 2.41. The third kappa shape index (κ3) is 3.29. The lowest BCUT2D eigenvalue weighted by Gasteiger charge is -2.29. The van der Waals surface area contributed by atoms with E-state index in [1.807, 2.05) is 26.1 Å². The van der Waals surface area contributed by atoms with Gasteiger partial charge in [-0.25, -0.2) is 0 Å². The van der Waals surface area contributed by atoms with Crippen molar-refractivity contribution in [2.24, 2.45) is 5.73 Å². The maximum Gasteiger partial charge on any atom is 0.178 e. The Kier molecular flexibility index (Phi) is 5.07. The van der Waals surface area contributed by atoms with E-state index in [1.54, 1.807) is 6.07 Å². The highest BCUT2D eigenvalue weighted by Gasteiger charge is 2.33. The Labute approximate surface area is 180 Å². The molecule has 3 atom stereocenters. The molecular formula is C21H24N6S2. The van der Waals surface area contributed by atoms with Crippen molar-refractivity contribution in [1.82, 2.24) is 9.55 Å². The normalized spacial score (nSPS) is 18.0. The summed E-state index contributed by atoms with van der Waals surface area (Å²) in [4.78, 5) is 7.48. The van der Waals surface area contributed by atoms with E-state index in [-0.39, 0.29) is 17.7 Å². The molecule has 3 unspecified atom stereocenters. The highest BCUT2D eigenvalue weighted by atomic mass is 32.1. The average molecular weight is 425 g/mol. The van der Waals surface area contributed by atoms with E-state index in [0.29, 0.717) is 10.3 Å². The second kappa shape index (κ2) is 7.41. The molecule has 0 amide bonds. The molecule has 29 heavy (non-hydrogen) atoms. The summed E-state index contributed by atoms with van der Waals surface area (Å²) in [6, 6.07) is 14.4. The molecule has 0 bridgehead atoms. The molecule has 0 fully saturated rings. The lowest BCUT2D eigenvalue weighted by atomic mass is 10.0. The van der Waals surface area contributed by atoms with E-state index in [2.05, 4.69) is 50.5 Å². The number of aromatic nitrogens is 2. The van der Waals surface area contributed by atoms with E-state index >= 15 is 0 Å². The molecule has 1 aliphatic heterocycles. The molecule has 3 N–H and O–H groups in total. The van der Waals surface area contributed by atoms with Gasteiger partial charge in [-0.2, -0.15) is 5.26 Å². The van der Waals surface area contributed by atoms with Crippen molar-refractivity contribution in [3.8, 4) is 6.07 Å². The first-order valence-corrected chi connectivity index (χ1v) is 10.5. The van der Waals surface area contributed by atoms with Crippen molar-refractivity contribution in [3.05, 3.63) is 52.3 Å². The summed E-state index contributed by atoms with van der Waals surface area (Å²) in [7, 11) is 2.03. The van der Waals surface area contributed by atoms with Crippen LogP contribution in [-0.2, 0) is 6.42 Å². The van der Waals surface area contributed by atoms with Crippen molar-refractivity contribution in [2.75, 3.05) is 16.8 Å². The summed E-state index contributed by atoms with van der Waals surface area (Å²) >= 11 is 10.3. The van der Waals surface area contributed by atoms with Gasteiger partial charge < -0.3 is 25.1 Å². The van der Waals surface area contributed by atoms with Crippen LogP contribution in [0.2, 0.25) is 0 Å². The fourth-order valence-electron chi connectivity index (χ4n) is 4.12. The summed E-state index contributed by atoms with van der Waals surface area (Å²) in [5, 5.41) is 9.25.